The van der Waals surface area contributed by atoms with Gasteiger partial charge in [-0.3, -0.25) is 14.5 Å². The number of ketones is 2. The van der Waals surface area contributed by atoms with Crippen LogP contribution in [0.5, 0.6) is 0 Å². The molecule has 0 bridgehead atoms. The fourth-order valence-electron chi connectivity index (χ4n) is 5.63. The molecule has 1 aromatic heterocycles. The lowest BCUT2D eigenvalue weighted by Crippen LogP contribution is -2.52. The second-order valence-corrected chi connectivity index (χ2v) is 10.4. The maximum absolute atomic E-state index is 13.8. The first kappa shape index (κ1) is 25.4. The number of ether oxygens (including phenoxy) is 1. The van der Waals surface area contributed by atoms with Crippen LogP contribution in [0.1, 0.15) is 66.3 Å². The summed E-state index contributed by atoms with van der Waals surface area (Å²) in [4.78, 5) is 29.4. The third-order valence-electron chi connectivity index (χ3n) is 7.79. The fourth-order valence-corrected chi connectivity index (χ4v) is 5.63. The van der Waals surface area contributed by atoms with Gasteiger partial charge in [-0.05, 0) is 83.1 Å². The van der Waals surface area contributed by atoms with Crippen molar-refractivity contribution in [2.24, 2.45) is 0 Å². The summed E-state index contributed by atoms with van der Waals surface area (Å²) in [5, 5.41) is 1.98. The summed E-state index contributed by atoms with van der Waals surface area (Å²) in [7, 11) is 0. The third-order valence-corrected chi connectivity index (χ3v) is 7.79. The Morgan fingerprint density at radius 1 is 0.811 bits per heavy atom. The van der Waals surface area contributed by atoms with Gasteiger partial charge in [0.1, 0.15) is 0 Å². The molecule has 1 fully saturated rings. The Morgan fingerprint density at radius 2 is 1.43 bits per heavy atom. The first-order chi connectivity index (χ1) is 17.9. The van der Waals surface area contributed by atoms with Gasteiger partial charge in [0.25, 0.3) is 0 Å². The Labute approximate surface area is 219 Å². The number of likely N-dealkylation sites (tertiary alicyclic amines) is 1. The summed E-state index contributed by atoms with van der Waals surface area (Å²) in [6.45, 7) is 9.98. The van der Waals surface area contributed by atoms with E-state index in [2.05, 4.69) is 15.5 Å². The number of rotatable bonds is 9. The Bertz CT molecular complexity index is 1430. The molecule has 37 heavy (non-hydrogen) atoms. The SMILES string of the molecule is CCOCCn1c2ccc(C(=O)c3ccccc3)cc2c2cc(C(=O)C(C)(C)N3CCCCC3)ccc21. The molecule has 3 aromatic carbocycles. The first-order valence-corrected chi connectivity index (χ1v) is 13.4. The minimum atomic E-state index is -0.560. The maximum atomic E-state index is 13.8. The van der Waals surface area contributed by atoms with Crippen molar-refractivity contribution in [1.29, 1.82) is 0 Å². The number of hydrogen-bond donors (Lipinski definition) is 0. The fraction of sp³-hybridized carbons (Fsp3) is 0.375. The number of Topliss-reactive ketones (excluding diaryl/α,β-unsaturated/α-hetero) is 1. The summed E-state index contributed by atoms with van der Waals surface area (Å²) in [6.07, 6.45) is 3.51. The molecule has 5 heteroatoms. The number of fused-ring (bicyclic) bond motifs is 3. The Hall–Kier alpha value is -3.28. The molecule has 0 unspecified atom stereocenters. The quantitative estimate of drug-likeness (QED) is 0.196. The lowest BCUT2D eigenvalue weighted by molar-refractivity contribution is 0.0579. The molecule has 0 atom stereocenters. The number of hydrogen-bond acceptors (Lipinski definition) is 4. The molecule has 0 radical (unpaired) electrons. The predicted molar refractivity (Wildman–Crippen MR) is 150 cm³/mol. The van der Waals surface area contributed by atoms with Crippen molar-refractivity contribution >= 4 is 33.4 Å². The summed E-state index contributed by atoms with van der Waals surface area (Å²) in [5.74, 6) is 0.138. The van der Waals surface area contributed by atoms with Gasteiger partial charge in [0, 0.05) is 51.6 Å². The zero-order valence-electron chi connectivity index (χ0n) is 22.1. The molecule has 1 aliphatic rings. The zero-order chi connectivity index (χ0) is 26.0. The first-order valence-electron chi connectivity index (χ1n) is 13.4. The van der Waals surface area contributed by atoms with Crippen LogP contribution < -0.4 is 0 Å². The lowest BCUT2D eigenvalue weighted by Gasteiger charge is -2.39. The van der Waals surface area contributed by atoms with E-state index in [0.29, 0.717) is 36.4 Å². The minimum absolute atomic E-state index is 0.00354. The molecule has 4 aromatic rings. The highest BCUT2D eigenvalue weighted by molar-refractivity contribution is 6.16. The van der Waals surface area contributed by atoms with E-state index in [-0.39, 0.29) is 11.6 Å². The highest BCUT2D eigenvalue weighted by Crippen LogP contribution is 2.33. The van der Waals surface area contributed by atoms with Gasteiger partial charge in [0.15, 0.2) is 11.6 Å². The number of piperidine rings is 1. The topological polar surface area (TPSA) is 51.5 Å². The number of benzene rings is 3. The van der Waals surface area contributed by atoms with E-state index < -0.39 is 5.54 Å². The van der Waals surface area contributed by atoms with E-state index in [1.54, 1.807) is 0 Å². The van der Waals surface area contributed by atoms with Gasteiger partial charge < -0.3 is 9.30 Å². The highest BCUT2D eigenvalue weighted by atomic mass is 16.5. The van der Waals surface area contributed by atoms with Crippen molar-refractivity contribution in [3.05, 3.63) is 83.4 Å². The van der Waals surface area contributed by atoms with Crippen LogP contribution in [-0.2, 0) is 11.3 Å². The van der Waals surface area contributed by atoms with Gasteiger partial charge in [0.05, 0.1) is 12.1 Å². The van der Waals surface area contributed by atoms with E-state index in [9.17, 15) is 9.59 Å². The Kier molecular flexibility index (Phi) is 7.27. The van der Waals surface area contributed by atoms with Crippen LogP contribution in [-0.4, -0.2) is 52.9 Å². The third kappa shape index (κ3) is 4.86. The van der Waals surface area contributed by atoms with Gasteiger partial charge in [-0.2, -0.15) is 0 Å². The summed E-state index contributed by atoms with van der Waals surface area (Å²) >= 11 is 0. The van der Waals surface area contributed by atoms with Gasteiger partial charge in [-0.25, -0.2) is 0 Å². The van der Waals surface area contributed by atoms with E-state index in [1.165, 1.54) is 6.42 Å². The maximum Gasteiger partial charge on any atom is 0.193 e. The molecule has 5 rings (SSSR count). The van der Waals surface area contributed by atoms with E-state index in [4.69, 9.17) is 4.74 Å². The lowest BCUT2D eigenvalue weighted by atomic mass is 9.89. The highest BCUT2D eigenvalue weighted by Gasteiger charge is 2.35. The predicted octanol–water partition coefficient (Wildman–Crippen LogP) is 6.51. The number of carbonyl (C=O) groups excluding carboxylic acids is 2. The molecular weight excluding hydrogens is 460 g/mol. The molecular formula is C32H36N2O3. The van der Waals surface area contributed by atoms with Gasteiger partial charge >= 0.3 is 0 Å². The molecule has 0 spiro atoms. The van der Waals surface area contributed by atoms with E-state index in [0.717, 1.165) is 47.7 Å². The molecule has 0 amide bonds. The van der Waals surface area contributed by atoms with Gasteiger partial charge in [-0.15, -0.1) is 0 Å². The molecule has 2 heterocycles. The van der Waals surface area contributed by atoms with Crippen LogP contribution in [0.2, 0.25) is 0 Å². The van der Waals surface area contributed by atoms with Crippen LogP contribution in [0.15, 0.2) is 66.7 Å². The number of carbonyl (C=O) groups is 2. The summed E-state index contributed by atoms with van der Waals surface area (Å²) in [6, 6.07) is 21.3. The standard InChI is InChI=1S/C32H36N2O3/c1-4-37-20-19-34-28-15-13-24(30(35)23-11-7-5-8-12-23)21-26(28)27-22-25(14-16-29(27)34)31(36)32(2,3)33-17-9-6-10-18-33/h5,7-8,11-16,21-22H,4,6,9-10,17-20H2,1-3H3. The Balaban J connectivity index is 1.60. The van der Waals surface area contributed by atoms with Crippen LogP contribution >= 0.6 is 0 Å². The number of aromatic nitrogens is 1. The summed E-state index contributed by atoms with van der Waals surface area (Å²) in [5.41, 5.74) is 3.56. The van der Waals surface area contributed by atoms with Crippen molar-refractivity contribution < 1.29 is 14.3 Å². The van der Waals surface area contributed by atoms with Crippen LogP contribution in [0.4, 0.5) is 0 Å². The smallest absolute Gasteiger partial charge is 0.193 e. The molecule has 0 aliphatic carbocycles. The van der Waals surface area contributed by atoms with Crippen LogP contribution in [0.25, 0.3) is 21.8 Å². The monoisotopic (exact) mass is 496 g/mol. The van der Waals surface area contributed by atoms with Crippen molar-refractivity contribution in [1.82, 2.24) is 9.47 Å². The van der Waals surface area contributed by atoms with Crippen molar-refractivity contribution in [3.63, 3.8) is 0 Å². The molecule has 5 nitrogen and oxygen atoms in total. The molecule has 1 saturated heterocycles. The van der Waals surface area contributed by atoms with E-state index >= 15 is 0 Å². The second-order valence-electron chi connectivity index (χ2n) is 10.4. The minimum Gasteiger partial charge on any atom is -0.380 e. The van der Waals surface area contributed by atoms with Crippen molar-refractivity contribution in [2.45, 2.75) is 52.1 Å². The van der Waals surface area contributed by atoms with Gasteiger partial charge in [-0.1, -0.05) is 36.8 Å². The van der Waals surface area contributed by atoms with Crippen LogP contribution in [0.3, 0.4) is 0 Å². The largest absolute Gasteiger partial charge is 0.380 e. The van der Waals surface area contributed by atoms with E-state index in [1.807, 2.05) is 81.4 Å². The second kappa shape index (κ2) is 10.6. The van der Waals surface area contributed by atoms with Crippen LogP contribution in [0, 0.1) is 0 Å². The molecule has 0 saturated carbocycles. The number of nitrogens with zero attached hydrogens (tertiary/aromatic N) is 2. The van der Waals surface area contributed by atoms with Crippen molar-refractivity contribution in [2.75, 3.05) is 26.3 Å². The van der Waals surface area contributed by atoms with Crippen molar-refractivity contribution in [3.8, 4) is 0 Å². The van der Waals surface area contributed by atoms with Gasteiger partial charge in [0.2, 0.25) is 0 Å². The average molecular weight is 497 g/mol. The Morgan fingerprint density at radius 3 is 2.08 bits per heavy atom. The molecule has 192 valence electrons. The normalized spacial score (nSPS) is 14.9. The average Bonchev–Trinajstić information content (AvgIpc) is 3.25. The zero-order valence-corrected chi connectivity index (χ0v) is 22.1. The molecule has 1 aliphatic heterocycles. The summed E-state index contributed by atoms with van der Waals surface area (Å²) < 4.78 is 7.90. The molecule has 0 N–H and O–H groups in total.